The molecule has 8 heteroatoms. The molecule has 7 nitrogen and oxygen atoms in total. The number of hydrogen-bond donors (Lipinski definition) is 1. The van der Waals surface area contributed by atoms with Crippen LogP contribution in [0.3, 0.4) is 0 Å². The summed E-state index contributed by atoms with van der Waals surface area (Å²) < 4.78 is 3.76. The molecule has 4 aromatic rings. The smallest absolute Gasteiger partial charge is 0.228 e. The summed E-state index contributed by atoms with van der Waals surface area (Å²) in [6.07, 6.45) is 5.55. The molecule has 3 heterocycles. The van der Waals surface area contributed by atoms with Crippen LogP contribution >= 0.6 is 11.6 Å². The molecule has 1 aromatic carbocycles. The summed E-state index contributed by atoms with van der Waals surface area (Å²) in [4.78, 5) is 9.34. The van der Waals surface area contributed by atoms with Crippen molar-refractivity contribution in [2.75, 3.05) is 5.32 Å². The molecular weight excluding hydrogens is 386 g/mol. The molecule has 0 spiro atoms. The molecule has 29 heavy (non-hydrogen) atoms. The Labute approximate surface area is 173 Å². The quantitative estimate of drug-likeness (QED) is 0.549. The Morgan fingerprint density at radius 1 is 1.14 bits per heavy atom. The van der Waals surface area contributed by atoms with Crippen molar-refractivity contribution >= 4 is 23.4 Å². The predicted octanol–water partition coefficient (Wildman–Crippen LogP) is 4.26. The average Bonchev–Trinajstić information content (AvgIpc) is 3.32. The third-order valence-electron chi connectivity index (χ3n) is 5.19. The molecule has 146 valence electrons. The number of aromatic nitrogens is 6. The fourth-order valence-corrected chi connectivity index (χ4v) is 4.03. The Kier molecular flexibility index (Phi) is 4.32. The summed E-state index contributed by atoms with van der Waals surface area (Å²) in [5.41, 5.74) is 6.02. The first-order valence-corrected chi connectivity index (χ1v) is 9.99. The summed E-state index contributed by atoms with van der Waals surface area (Å²) in [5.74, 6) is 1.24. The summed E-state index contributed by atoms with van der Waals surface area (Å²) in [6, 6.07) is 9.75. The van der Waals surface area contributed by atoms with E-state index in [4.69, 9.17) is 21.7 Å². The van der Waals surface area contributed by atoms with Crippen LogP contribution in [-0.4, -0.2) is 29.5 Å². The standard InChI is InChI=1S/C21H20ClN7/c1-3-29-11-10-17(27-29)24-21-23-12-13-8-9-16-18(19(13)25-21)20(28(2)26-16)14-6-4-5-7-15(14)22/h4-7,10-12H,3,8-9H2,1-2H3,(H,23,24,25,27). The van der Waals surface area contributed by atoms with Gasteiger partial charge in [-0.3, -0.25) is 9.36 Å². The van der Waals surface area contributed by atoms with E-state index in [0.717, 1.165) is 59.0 Å². The zero-order valence-electron chi connectivity index (χ0n) is 16.2. The lowest BCUT2D eigenvalue weighted by molar-refractivity contribution is 0.662. The Morgan fingerprint density at radius 3 is 2.79 bits per heavy atom. The number of benzene rings is 1. The van der Waals surface area contributed by atoms with E-state index >= 15 is 0 Å². The molecule has 1 aliphatic carbocycles. The third kappa shape index (κ3) is 3.07. The average molecular weight is 406 g/mol. The zero-order valence-corrected chi connectivity index (χ0v) is 17.0. The maximum Gasteiger partial charge on any atom is 0.228 e. The van der Waals surface area contributed by atoms with E-state index in [2.05, 4.69) is 15.4 Å². The van der Waals surface area contributed by atoms with Gasteiger partial charge in [-0.05, 0) is 31.4 Å². The largest absolute Gasteiger partial charge is 0.307 e. The minimum atomic E-state index is 0.520. The first-order valence-electron chi connectivity index (χ1n) is 9.61. The van der Waals surface area contributed by atoms with Crippen LogP contribution in [0.25, 0.3) is 22.5 Å². The van der Waals surface area contributed by atoms with E-state index < -0.39 is 0 Å². The number of nitrogens with one attached hydrogen (secondary N) is 1. The summed E-state index contributed by atoms with van der Waals surface area (Å²) in [5, 5.41) is 13.1. The number of rotatable bonds is 4. The van der Waals surface area contributed by atoms with Crippen molar-refractivity contribution in [1.29, 1.82) is 0 Å². The number of nitrogens with zero attached hydrogens (tertiary/aromatic N) is 6. The van der Waals surface area contributed by atoms with Crippen LogP contribution in [0.5, 0.6) is 0 Å². The molecule has 0 amide bonds. The van der Waals surface area contributed by atoms with Crippen molar-refractivity contribution < 1.29 is 0 Å². The van der Waals surface area contributed by atoms with Crippen LogP contribution in [0.2, 0.25) is 5.02 Å². The van der Waals surface area contributed by atoms with Crippen LogP contribution in [0.1, 0.15) is 18.2 Å². The number of aryl methyl sites for hydroxylation is 4. The molecule has 5 rings (SSSR count). The summed E-state index contributed by atoms with van der Waals surface area (Å²) in [7, 11) is 1.95. The Morgan fingerprint density at radius 2 is 2.00 bits per heavy atom. The van der Waals surface area contributed by atoms with Gasteiger partial charge in [0.1, 0.15) is 0 Å². The molecule has 0 unspecified atom stereocenters. The van der Waals surface area contributed by atoms with E-state index in [1.165, 1.54) is 0 Å². The zero-order chi connectivity index (χ0) is 20.0. The van der Waals surface area contributed by atoms with Crippen molar-refractivity contribution in [2.45, 2.75) is 26.3 Å². The second kappa shape index (κ2) is 7.00. The van der Waals surface area contributed by atoms with Gasteiger partial charge in [-0.25, -0.2) is 9.97 Å². The molecule has 0 radical (unpaired) electrons. The van der Waals surface area contributed by atoms with Gasteiger partial charge in [-0.2, -0.15) is 10.2 Å². The lowest BCUT2D eigenvalue weighted by Crippen LogP contribution is -2.09. The second-order valence-corrected chi connectivity index (χ2v) is 7.43. The highest BCUT2D eigenvalue weighted by Crippen LogP contribution is 2.41. The SMILES string of the molecule is CCn1ccc(Nc2ncc3c(n2)-c2c(nn(C)c2-c2ccccc2Cl)CC3)n1. The van der Waals surface area contributed by atoms with Gasteiger partial charge < -0.3 is 5.32 Å². The molecular formula is C21H20ClN7. The number of hydrogen-bond acceptors (Lipinski definition) is 5. The van der Waals surface area contributed by atoms with Crippen LogP contribution in [0.4, 0.5) is 11.8 Å². The minimum absolute atomic E-state index is 0.520. The molecule has 0 saturated heterocycles. The van der Waals surface area contributed by atoms with Gasteiger partial charge in [0, 0.05) is 48.2 Å². The van der Waals surface area contributed by atoms with Crippen molar-refractivity contribution in [3.63, 3.8) is 0 Å². The highest BCUT2D eigenvalue weighted by atomic mass is 35.5. The summed E-state index contributed by atoms with van der Waals surface area (Å²) >= 11 is 6.52. The first kappa shape index (κ1) is 17.9. The van der Waals surface area contributed by atoms with Crippen molar-refractivity contribution in [1.82, 2.24) is 29.5 Å². The molecule has 3 aromatic heterocycles. The monoisotopic (exact) mass is 405 g/mol. The lowest BCUT2D eigenvalue weighted by atomic mass is 9.91. The topological polar surface area (TPSA) is 73.5 Å². The minimum Gasteiger partial charge on any atom is -0.307 e. The van der Waals surface area contributed by atoms with Crippen LogP contribution < -0.4 is 5.32 Å². The second-order valence-electron chi connectivity index (χ2n) is 7.02. The van der Waals surface area contributed by atoms with Gasteiger partial charge in [-0.15, -0.1) is 0 Å². The fraction of sp³-hybridized carbons (Fsp3) is 0.238. The van der Waals surface area contributed by atoms with Gasteiger partial charge in [0.05, 0.1) is 17.1 Å². The first-order chi connectivity index (χ1) is 14.1. The van der Waals surface area contributed by atoms with E-state index in [1.807, 2.05) is 66.1 Å². The lowest BCUT2D eigenvalue weighted by Gasteiger charge is -2.17. The molecule has 0 fully saturated rings. The molecule has 1 N–H and O–H groups in total. The highest BCUT2D eigenvalue weighted by molar-refractivity contribution is 6.33. The molecule has 0 saturated carbocycles. The van der Waals surface area contributed by atoms with E-state index in [-0.39, 0.29) is 0 Å². The molecule has 0 aliphatic heterocycles. The van der Waals surface area contributed by atoms with Gasteiger partial charge in [0.25, 0.3) is 0 Å². The van der Waals surface area contributed by atoms with Gasteiger partial charge in [-0.1, -0.05) is 29.8 Å². The van der Waals surface area contributed by atoms with Gasteiger partial charge in [0.15, 0.2) is 5.82 Å². The molecule has 0 atom stereocenters. The number of fused-ring (bicyclic) bond motifs is 3. The van der Waals surface area contributed by atoms with Crippen LogP contribution in [-0.2, 0) is 26.4 Å². The third-order valence-corrected chi connectivity index (χ3v) is 5.52. The van der Waals surface area contributed by atoms with Gasteiger partial charge in [0.2, 0.25) is 5.95 Å². The summed E-state index contributed by atoms with van der Waals surface area (Å²) in [6.45, 7) is 2.86. The van der Waals surface area contributed by atoms with Crippen LogP contribution in [0, 0.1) is 0 Å². The normalized spacial score (nSPS) is 12.5. The highest BCUT2D eigenvalue weighted by Gasteiger charge is 2.27. The Bertz CT molecular complexity index is 1210. The Balaban J connectivity index is 1.62. The van der Waals surface area contributed by atoms with Crippen molar-refractivity contribution in [3.8, 4) is 22.5 Å². The molecule has 0 bridgehead atoms. The van der Waals surface area contributed by atoms with Crippen molar-refractivity contribution in [3.05, 3.63) is 59.0 Å². The maximum absolute atomic E-state index is 6.52. The van der Waals surface area contributed by atoms with Gasteiger partial charge >= 0.3 is 0 Å². The van der Waals surface area contributed by atoms with E-state index in [1.54, 1.807) is 0 Å². The van der Waals surface area contributed by atoms with Crippen molar-refractivity contribution in [2.24, 2.45) is 7.05 Å². The van der Waals surface area contributed by atoms with E-state index in [0.29, 0.717) is 11.0 Å². The fourth-order valence-electron chi connectivity index (χ4n) is 3.80. The predicted molar refractivity (Wildman–Crippen MR) is 113 cm³/mol. The molecule has 1 aliphatic rings. The maximum atomic E-state index is 6.52. The number of anilines is 2. The van der Waals surface area contributed by atoms with Crippen LogP contribution in [0.15, 0.2) is 42.7 Å². The van der Waals surface area contributed by atoms with E-state index in [9.17, 15) is 0 Å². The Hall–Kier alpha value is -3.19. The number of halogens is 1.